The van der Waals surface area contributed by atoms with Crippen molar-refractivity contribution in [2.45, 2.75) is 56.7 Å². The lowest BCUT2D eigenvalue weighted by Gasteiger charge is -2.59. The van der Waals surface area contributed by atoms with Crippen molar-refractivity contribution in [3.63, 3.8) is 0 Å². The molecule has 0 spiro atoms. The van der Waals surface area contributed by atoms with Crippen LogP contribution in [0.1, 0.15) is 39.0 Å². The van der Waals surface area contributed by atoms with Gasteiger partial charge in [0.05, 0.1) is 11.7 Å². The van der Waals surface area contributed by atoms with Crippen LogP contribution in [0.15, 0.2) is 11.1 Å². The first-order valence-corrected chi connectivity index (χ1v) is 8.34. The largest absolute Gasteiger partial charge is 0.385 e. The molecule has 22 heavy (non-hydrogen) atoms. The molecule has 6 aliphatic rings. The van der Waals surface area contributed by atoms with Crippen LogP contribution in [0.3, 0.4) is 0 Å². The Balaban J connectivity index is 1.60. The summed E-state index contributed by atoms with van der Waals surface area (Å²) < 4.78 is 0. The lowest BCUT2D eigenvalue weighted by molar-refractivity contribution is -0.132. The average molecular weight is 301 g/mol. The summed E-state index contributed by atoms with van der Waals surface area (Å²) in [5.74, 6) is 1.13. The van der Waals surface area contributed by atoms with Crippen molar-refractivity contribution in [1.82, 2.24) is 4.90 Å². The van der Waals surface area contributed by atoms with Crippen molar-refractivity contribution in [3.8, 4) is 6.07 Å². The van der Waals surface area contributed by atoms with Crippen molar-refractivity contribution in [1.29, 1.82) is 5.26 Å². The Labute approximate surface area is 130 Å². The second-order valence-corrected chi connectivity index (χ2v) is 7.84. The third kappa shape index (κ3) is 1.80. The highest BCUT2D eigenvalue weighted by Gasteiger charge is 2.58. The van der Waals surface area contributed by atoms with Crippen molar-refractivity contribution in [2.75, 3.05) is 6.54 Å². The molecule has 118 valence electrons. The molecule has 5 aliphatic carbocycles. The number of hydrogen-bond donors (Lipinski definition) is 2. The summed E-state index contributed by atoms with van der Waals surface area (Å²) in [7, 11) is 0. The van der Waals surface area contributed by atoms with E-state index in [2.05, 4.69) is 13.0 Å². The first-order chi connectivity index (χ1) is 10.4. The number of carbonyl (C=O) groups is 1. The highest BCUT2D eigenvalue weighted by Crippen LogP contribution is 2.62. The van der Waals surface area contributed by atoms with Gasteiger partial charge in [-0.15, -0.1) is 0 Å². The van der Waals surface area contributed by atoms with Gasteiger partial charge in [0.1, 0.15) is 12.1 Å². The van der Waals surface area contributed by atoms with Crippen molar-refractivity contribution in [2.24, 2.45) is 23.5 Å². The maximum Gasteiger partial charge on any atom is 0.244 e. The molecule has 6 atom stereocenters. The number of likely N-dealkylation sites (tertiary alicyclic amines) is 1. The van der Waals surface area contributed by atoms with Crippen LogP contribution in [0.25, 0.3) is 0 Å². The SMILES string of the molecule is CC1C[C@@H](C#N)N(C(=O)[C@@H](N)C2=C3C4CC(C2)CC3(O)C4)C1. The molecule has 3 N–H and O–H groups in total. The Morgan fingerprint density at radius 2 is 2.27 bits per heavy atom. The molecule has 5 heteroatoms. The molecule has 0 aromatic rings. The van der Waals surface area contributed by atoms with Crippen LogP contribution in [-0.4, -0.2) is 40.1 Å². The average Bonchev–Trinajstić information content (AvgIpc) is 2.85. The smallest absolute Gasteiger partial charge is 0.244 e. The quantitative estimate of drug-likeness (QED) is 0.743. The zero-order chi connectivity index (χ0) is 15.6. The van der Waals surface area contributed by atoms with Gasteiger partial charge in [-0.1, -0.05) is 6.92 Å². The van der Waals surface area contributed by atoms with E-state index in [-0.39, 0.29) is 11.9 Å². The number of rotatable bonds is 2. The van der Waals surface area contributed by atoms with Crippen LogP contribution in [-0.2, 0) is 4.79 Å². The minimum absolute atomic E-state index is 0.131. The maximum atomic E-state index is 12.8. The van der Waals surface area contributed by atoms with Crippen LogP contribution in [0, 0.1) is 29.1 Å². The molecular weight excluding hydrogens is 278 g/mol. The summed E-state index contributed by atoms with van der Waals surface area (Å²) in [4.78, 5) is 14.4. The molecule has 1 heterocycles. The lowest BCUT2D eigenvalue weighted by atomic mass is 9.48. The van der Waals surface area contributed by atoms with Gasteiger partial charge in [-0.2, -0.15) is 5.26 Å². The lowest BCUT2D eigenvalue weighted by Crippen LogP contribution is -2.59. The van der Waals surface area contributed by atoms with E-state index in [0.29, 0.717) is 24.3 Å². The van der Waals surface area contributed by atoms with E-state index in [4.69, 9.17) is 5.73 Å². The van der Waals surface area contributed by atoms with Crippen LogP contribution in [0.5, 0.6) is 0 Å². The number of carbonyl (C=O) groups excluding carboxylic acids is 1. The maximum absolute atomic E-state index is 12.8. The summed E-state index contributed by atoms with van der Waals surface area (Å²) in [5.41, 5.74) is 7.66. The second-order valence-electron chi connectivity index (χ2n) is 7.84. The minimum Gasteiger partial charge on any atom is -0.385 e. The molecule has 5 nitrogen and oxygen atoms in total. The van der Waals surface area contributed by atoms with E-state index in [1.165, 1.54) is 0 Å². The molecule has 4 unspecified atom stereocenters. The van der Waals surface area contributed by atoms with Gasteiger partial charge in [0.2, 0.25) is 5.91 Å². The van der Waals surface area contributed by atoms with E-state index in [1.807, 2.05) is 0 Å². The van der Waals surface area contributed by atoms with Crippen molar-refractivity contribution in [3.05, 3.63) is 11.1 Å². The molecule has 0 aromatic heterocycles. The Morgan fingerprint density at radius 3 is 2.91 bits per heavy atom. The Hall–Kier alpha value is -1.38. The van der Waals surface area contributed by atoms with Gasteiger partial charge in [-0.25, -0.2) is 0 Å². The fourth-order valence-corrected chi connectivity index (χ4v) is 5.40. The van der Waals surface area contributed by atoms with Gasteiger partial charge < -0.3 is 15.7 Å². The van der Waals surface area contributed by atoms with Crippen molar-refractivity contribution < 1.29 is 9.90 Å². The summed E-state index contributed by atoms with van der Waals surface area (Å²) in [6.45, 7) is 2.68. The molecule has 3 saturated carbocycles. The Morgan fingerprint density at radius 1 is 1.50 bits per heavy atom. The molecule has 6 rings (SSSR count). The molecular formula is C17H23N3O2. The molecule has 1 aliphatic heterocycles. The summed E-state index contributed by atoms with van der Waals surface area (Å²) >= 11 is 0. The van der Waals surface area contributed by atoms with Gasteiger partial charge in [-0.05, 0) is 61.0 Å². The number of nitriles is 1. The summed E-state index contributed by atoms with van der Waals surface area (Å²) in [5, 5.41) is 19.9. The Kier molecular flexibility index (Phi) is 2.95. The molecule has 4 bridgehead atoms. The van der Waals surface area contributed by atoms with E-state index in [1.54, 1.807) is 4.90 Å². The van der Waals surface area contributed by atoms with E-state index in [0.717, 1.165) is 43.3 Å². The fourth-order valence-electron chi connectivity index (χ4n) is 5.40. The highest BCUT2D eigenvalue weighted by molar-refractivity contribution is 5.86. The number of nitrogens with zero attached hydrogens (tertiary/aromatic N) is 2. The van der Waals surface area contributed by atoms with E-state index >= 15 is 0 Å². The van der Waals surface area contributed by atoms with Gasteiger partial charge in [0.15, 0.2) is 0 Å². The van der Waals surface area contributed by atoms with Gasteiger partial charge >= 0.3 is 0 Å². The summed E-state index contributed by atoms with van der Waals surface area (Å²) in [6, 6.07) is 1.20. The van der Waals surface area contributed by atoms with Crippen LogP contribution in [0.4, 0.5) is 0 Å². The predicted molar refractivity (Wildman–Crippen MR) is 80.3 cm³/mol. The van der Waals surface area contributed by atoms with Crippen molar-refractivity contribution >= 4 is 5.91 Å². The number of hydrogen-bond acceptors (Lipinski definition) is 4. The predicted octanol–water partition coefficient (Wildman–Crippen LogP) is 0.936. The highest BCUT2D eigenvalue weighted by atomic mass is 16.3. The number of aliphatic hydroxyl groups is 1. The van der Waals surface area contributed by atoms with Gasteiger partial charge in [0, 0.05) is 6.54 Å². The molecule has 4 fully saturated rings. The van der Waals surface area contributed by atoms with Gasteiger partial charge in [-0.3, -0.25) is 4.79 Å². The summed E-state index contributed by atoms with van der Waals surface area (Å²) in [6.07, 6.45) is 4.40. The van der Waals surface area contributed by atoms with E-state index < -0.39 is 11.6 Å². The molecule has 0 radical (unpaired) electrons. The monoisotopic (exact) mass is 301 g/mol. The van der Waals surface area contributed by atoms with Gasteiger partial charge in [0.25, 0.3) is 0 Å². The van der Waals surface area contributed by atoms with Crippen LogP contribution >= 0.6 is 0 Å². The molecule has 1 saturated heterocycles. The third-order valence-corrected chi connectivity index (χ3v) is 6.18. The zero-order valence-electron chi connectivity index (χ0n) is 13.0. The molecule has 0 aromatic carbocycles. The fraction of sp³-hybridized carbons (Fsp3) is 0.765. The minimum atomic E-state index is -0.675. The second kappa shape index (κ2) is 4.56. The zero-order valence-corrected chi connectivity index (χ0v) is 13.0. The first kappa shape index (κ1) is 14.2. The topological polar surface area (TPSA) is 90.4 Å². The normalized spacial score (nSPS) is 43.8. The Bertz CT molecular complexity index is 608. The number of fused-ring (bicyclic) bond motifs is 1. The third-order valence-electron chi connectivity index (χ3n) is 6.18. The van der Waals surface area contributed by atoms with Crippen LogP contribution < -0.4 is 5.73 Å². The number of nitrogens with two attached hydrogens (primary N) is 1. The number of amides is 1. The van der Waals surface area contributed by atoms with E-state index in [9.17, 15) is 15.2 Å². The van der Waals surface area contributed by atoms with Crippen LogP contribution in [0.2, 0.25) is 0 Å². The standard InChI is InChI=1S/C17H23N3O2/c1-9-2-12(7-18)20(8-9)16(21)15(19)13-4-10-3-11-6-17(22,5-10)14(11)13/h9-12,15,22H,2-6,8,19H2,1H3/t9?,10?,11?,12-,15-,17?/m0/s1. The first-order valence-electron chi connectivity index (χ1n) is 8.34. The molecule has 1 amide bonds.